The molecule has 1 fully saturated rings. The van der Waals surface area contributed by atoms with Crippen LogP contribution in [0, 0.1) is 0 Å². The molecule has 1 aliphatic heterocycles. The summed E-state index contributed by atoms with van der Waals surface area (Å²) in [4.78, 5) is 13.7. The highest BCUT2D eigenvalue weighted by atomic mass is 16.7. The number of ether oxygens (including phenoxy) is 4. The Hall–Kier alpha value is -3.65. The lowest BCUT2D eigenvalue weighted by Crippen LogP contribution is -2.60. The summed E-state index contributed by atoms with van der Waals surface area (Å²) in [6.45, 7) is 2.49. The number of allylic oxidation sites excluding steroid dienone is 2. The molecule has 0 spiro atoms. The van der Waals surface area contributed by atoms with Crippen LogP contribution in [-0.4, -0.2) is 88.3 Å². The Balaban J connectivity index is 1.94. The van der Waals surface area contributed by atoms with Crippen molar-refractivity contribution in [2.24, 2.45) is 0 Å². The van der Waals surface area contributed by atoms with Crippen LogP contribution in [0.2, 0.25) is 0 Å². The average molecular weight is 575 g/mol. The van der Waals surface area contributed by atoms with E-state index in [9.17, 15) is 35.4 Å². The van der Waals surface area contributed by atoms with Crippen LogP contribution in [0.15, 0.2) is 51.2 Å². The van der Waals surface area contributed by atoms with Crippen LogP contribution in [0.3, 0.4) is 0 Å². The van der Waals surface area contributed by atoms with Crippen molar-refractivity contribution in [2.75, 3.05) is 26.9 Å². The summed E-state index contributed by atoms with van der Waals surface area (Å²) < 4.78 is 28.4. The Kier molecular flexibility index (Phi) is 9.53. The second kappa shape index (κ2) is 12.9. The third kappa shape index (κ3) is 6.17. The minimum absolute atomic E-state index is 0.0291. The highest BCUT2D eigenvalue weighted by Gasteiger charge is 2.45. The summed E-state index contributed by atoms with van der Waals surface area (Å²) in [6.07, 6.45) is -5.77. The highest BCUT2D eigenvalue weighted by Crippen LogP contribution is 2.41. The van der Waals surface area contributed by atoms with E-state index in [0.29, 0.717) is 16.9 Å². The smallest absolute Gasteiger partial charge is 0.239 e. The molecule has 0 radical (unpaired) electrons. The summed E-state index contributed by atoms with van der Waals surface area (Å²) in [7, 11) is 1.51. The molecular formula is C29H34O12. The average Bonchev–Trinajstić information content (AvgIpc) is 2.96. The van der Waals surface area contributed by atoms with E-state index >= 15 is 0 Å². The maximum Gasteiger partial charge on any atom is 0.239 e. The molecule has 1 aliphatic rings. The number of aromatic hydroxyl groups is 1. The molecule has 12 heteroatoms. The molecule has 0 aliphatic carbocycles. The van der Waals surface area contributed by atoms with E-state index in [2.05, 4.69) is 0 Å². The van der Waals surface area contributed by atoms with Gasteiger partial charge in [-0.25, -0.2) is 0 Å². The Bertz CT molecular complexity index is 1440. The maximum absolute atomic E-state index is 13.7. The van der Waals surface area contributed by atoms with E-state index in [0.717, 1.165) is 11.6 Å². The maximum atomic E-state index is 13.7. The van der Waals surface area contributed by atoms with Crippen molar-refractivity contribution in [1.82, 2.24) is 0 Å². The highest BCUT2D eigenvalue weighted by molar-refractivity contribution is 5.91. The fraction of sp³-hybridized carbons (Fsp3) is 0.414. The molecule has 0 saturated carbocycles. The molecule has 6 N–H and O–H groups in total. The van der Waals surface area contributed by atoms with E-state index in [1.807, 2.05) is 19.9 Å². The number of aliphatic hydroxyl groups is 5. The molecule has 1 saturated heterocycles. The number of fused-ring (bicyclic) bond motifs is 1. The van der Waals surface area contributed by atoms with Gasteiger partial charge < -0.3 is 54.0 Å². The Morgan fingerprint density at radius 1 is 1.05 bits per heavy atom. The second-order valence-corrected chi connectivity index (χ2v) is 9.77. The van der Waals surface area contributed by atoms with E-state index in [-0.39, 0.29) is 47.9 Å². The molecule has 2 heterocycles. The normalized spacial score (nSPS) is 22.4. The van der Waals surface area contributed by atoms with Gasteiger partial charge in [-0.05, 0) is 44.5 Å². The molecule has 0 unspecified atom stereocenters. The predicted molar refractivity (Wildman–Crippen MR) is 146 cm³/mol. The van der Waals surface area contributed by atoms with Crippen LogP contribution in [0.25, 0.3) is 22.3 Å². The molecule has 4 rings (SSSR count). The fourth-order valence-corrected chi connectivity index (χ4v) is 4.47. The number of rotatable bonds is 10. The van der Waals surface area contributed by atoms with Crippen molar-refractivity contribution in [3.63, 3.8) is 0 Å². The largest absolute Gasteiger partial charge is 0.507 e. The van der Waals surface area contributed by atoms with Gasteiger partial charge in [-0.15, -0.1) is 0 Å². The monoisotopic (exact) mass is 574 g/mol. The minimum Gasteiger partial charge on any atom is -0.507 e. The van der Waals surface area contributed by atoms with Gasteiger partial charge in [0.1, 0.15) is 59.2 Å². The van der Waals surface area contributed by atoms with Crippen molar-refractivity contribution >= 4 is 11.0 Å². The van der Waals surface area contributed by atoms with Gasteiger partial charge in [-0.2, -0.15) is 0 Å². The first-order valence-corrected chi connectivity index (χ1v) is 13.0. The summed E-state index contributed by atoms with van der Waals surface area (Å²) >= 11 is 0. The van der Waals surface area contributed by atoms with Gasteiger partial charge in [0.15, 0.2) is 5.76 Å². The number of phenols is 1. The molecule has 2 aromatic carbocycles. The predicted octanol–water partition coefficient (Wildman–Crippen LogP) is 1.23. The van der Waals surface area contributed by atoms with Crippen molar-refractivity contribution in [3.05, 3.63) is 57.8 Å². The first kappa shape index (κ1) is 30.3. The Morgan fingerprint density at radius 2 is 1.76 bits per heavy atom. The van der Waals surface area contributed by atoms with Gasteiger partial charge in [0.2, 0.25) is 17.5 Å². The second-order valence-electron chi connectivity index (χ2n) is 9.77. The zero-order valence-corrected chi connectivity index (χ0v) is 22.8. The van der Waals surface area contributed by atoms with Crippen LogP contribution in [0.1, 0.15) is 19.4 Å². The van der Waals surface area contributed by atoms with E-state index in [1.165, 1.54) is 7.11 Å². The van der Waals surface area contributed by atoms with Gasteiger partial charge >= 0.3 is 0 Å². The van der Waals surface area contributed by atoms with Gasteiger partial charge in [-0.1, -0.05) is 11.6 Å². The topological polar surface area (TPSA) is 189 Å². The molecule has 5 atom stereocenters. The quantitative estimate of drug-likeness (QED) is 0.190. The molecular weight excluding hydrogens is 540 g/mol. The lowest BCUT2D eigenvalue weighted by Gasteiger charge is -2.39. The number of hydrogen-bond acceptors (Lipinski definition) is 12. The van der Waals surface area contributed by atoms with E-state index < -0.39 is 48.5 Å². The summed E-state index contributed by atoms with van der Waals surface area (Å²) in [5.74, 6) is -0.190. The minimum atomic E-state index is -1.71. The molecule has 0 amide bonds. The lowest BCUT2D eigenvalue weighted by atomic mass is 9.99. The number of hydrogen-bond donors (Lipinski definition) is 6. The molecule has 3 aromatic rings. The molecule has 222 valence electrons. The number of methoxy groups -OCH3 is 1. The van der Waals surface area contributed by atoms with Gasteiger partial charge in [0.05, 0.1) is 20.3 Å². The first-order valence-electron chi connectivity index (χ1n) is 13.0. The molecule has 41 heavy (non-hydrogen) atoms. The van der Waals surface area contributed by atoms with Crippen LogP contribution in [0.5, 0.6) is 23.0 Å². The SMILES string of the molecule is COc1ccc(-c2oc3c(CC=C(C)C)c(O[C@@H]4O[C@H](CO)[C@@H](O)[C@H](O)[C@H]4O)cc(O)c3c(=O)c2OCCO)cc1. The van der Waals surface area contributed by atoms with Gasteiger partial charge in [0, 0.05) is 17.2 Å². The van der Waals surface area contributed by atoms with E-state index in [4.69, 9.17) is 23.4 Å². The van der Waals surface area contributed by atoms with Crippen molar-refractivity contribution < 1.29 is 54.0 Å². The third-order valence-corrected chi connectivity index (χ3v) is 6.66. The fourth-order valence-electron chi connectivity index (χ4n) is 4.47. The summed E-state index contributed by atoms with van der Waals surface area (Å²) in [6, 6.07) is 7.78. The number of benzene rings is 2. The molecule has 12 nitrogen and oxygen atoms in total. The number of aliphatic hydroxyl groups excluding tert-OH is 5. The van der Waals surface area contributed by atoms with Crippen LogP contribution >= 0.6 is 0 Å². The summed E-state index contributed by atoms with van der Waals surface area (Å²) in [5, 5.41) is 60.6. The van der Waals surface area contributed by atoms with E-state index in [1.54, 1.807) is 24.3 Å². The zero-order valence-electron chi connectivity index (χ0n) is 22.8. The third-order valence-electron chi connectivity index (χ3n) is 6.66. The van der Waals surface area contributed by atoms with Gasteiger partial charge in [0.25, 0.3) is 0 Å². The van der Waals surface area contributed by atoms with Crippen molar-refractivity contribution in [3.8, 4) is 34.3 Å². The Morgan fingerprint density at radius 3 is 2.37 bits per heavy atom. The van der Waals surface area contributed by atoms with Gasteiger partial charge in [-0.3, -0.25) is 4.79 Å². The van der Waals surface area contributed by atoms with Crippen LogP contribution in [-0.2, 0) is 11.2 Å². The Labute approximate surface area is 235 Å². The standard InChI is InChI=1S/C29H34O12/c1-14(2)4-9-17-19(39-29-25(36)24(35)22(33)20(13-31)40-29)12-18(32)21-23(34)28(38-11-10-30)26(41-27(17)21)15-5-7-16(37-3)8-6-15/h4-8,12,20,22,24-25,29-33,35-36H,9-11,13H2,1-3H3/t20-,22-,24+,25-,29-/m1/s1. The number of phenolic OH excluding ortho intramolecular Hbond substituents is 1. The first-order chi connectivity index (χ1) is 19.6. The molecule has 0 bridgehead atoms. The van der Waals surface area contributed by atoms with Crippen molar-refractivity contribution in [2.45, 2.75) is 51.0 Å². The van der Waals surface area contributed by atoms with Crippen molar-refractivity contribution in [1.29, 1.82) is 0 Å². The summed E-state index contributed by atoms with van der Waals surface area (Å²) in [5.41, 5.74) is 0.947. The van der Waals surface area contributed by atoms with Crippen LogP contribution < -0.4 is 19.6 Å². The van der Waals surface area contributed by atoms with Crippen LogP contribution in [0.4, 0.5) is 0 Å². The zero-order chi connectivity index (χ0) is 29.8. The lowest BCUT2D eigenvalue weighted by molar-refractivity contribution is -0.277. The molecule has 1 aromatic heterocycles.